The Morgan fingerprint density at radius 3 is 1.58 bits per heavy atom. The molecule has 1 aliphatic rings. The predicted molar refractivity (Wildman–Crippen MR) is 210 cm³/mol. The maximum atomic E-state index is 6.34. The molecule has 0 atom stereocenters. The molecule has 2 heteroatoms. The number of fused-ring (bicyclic) bond motifs is 9. The van der Waals surface area contributed by atoms with Crippen LogP contribution >= 0.6 is 0 Å². The first kappa shape index (κ1) is 27.3. The first-order chi connectivity index (χ1) is 24.8. The molecule has 0 N–H and O–H groups in total. The third-order valence-electron chi connectivity index (χ3n) is 10.6. The zero-order valence-electron chi connectivity index (χ0n) is 27.1. The molecule has 10 aromatic rings. The number of aromatic nitrogens is 1. The molecule has 0 saturated heterocycles. The van der Waals surface area contributed by atoms with Crippen molar-refractivity contribution in [1.82, 2.24) is 4.57 Å². The molecule has 0 fully saturated rings. The second-order valence-corrected chi connectivity index (χ2v) is 13.3. The van der Waals surface area contributed by atoms with Gasteiger partial charge in [0.2, 0.25) is 0 Å². The predicted octanol–water partition coefficient (Wildman–Crippen LogP) is 13.3. The van der Waals surface area contributed by atoms with Crippen molar-refractivity contribution in [2.45, 2.75) is 0 Å². The Hall–Kier alpha value is -6.64. The van der Waals surface area contributed by atoms with Gasteiger partial charge in [0.1, 0.15) is 11.5 Å². The molecule has 9 aromatic carbocycles. The Kier molecular flexibility index (Phi) is 5.70. The van der Waals surface area contributed by atoms with Gasteiger partial charge in [0.15, 0.2) is 0 Å². The van der Waals surface area contributed by atoms with Gasteiger partial charge in [-0.3, -0.25) is 0 Å². The number of hydrogen-bond acceptors (Lipinski definition) is 1. The highest BCUT2D eigenvalue weighted by Crippen LogP contribution is 2.48. The van der Waals surface area contributed by atoms with Gasteiger partial charge in [-0.1, -0.05) is 140 Å². The molecule has 1 aliphatic heterocycles. The maximum absolute atomic E-state index is 6.34. The molecule has 0 unspecified atom stereocenters. The molecular formula is C48H29NO. The van der Waals surface area contributed by atoms with Crippen LogP contribution in [-0.2, 0) is 0 Å². The lowest BCUT2D eigenvalue weighted by Gasteiger charge is -2.22. The number of benzene rings is 9. The highest BCUT2D eigenvalue weighted by atomic mass is 16.5. The fourth-order valence-corrected chi connectivity index (χ4v) is 8.30. The molecule has 50 heavy (non-hydrogen) atoms. The summed E-state index contributed by atoms with van der Waals surface area (Å²) < 4.78 is 8.76. The van der Waals surface area contributed by atoms with E-state index >= 15 is 0 Å². The molecule has 11 rings (SSSR count). The highest BCUT2D eigenvalue weighted by molar-refractivity contribution is 6.28. The molecule has 0 bridgehead atoms. The number of ether oxygens (including phenoxy) is 1. The van der Waals surface area contributed by atoms with Crippen LogP contribution in [0.5, 0.6) is 11.5 Å². The van der Waals surface area contributed by atoms with Gasteiger partial charge >= 0.3 is 0 Å². The molecule has 1 aromatic heterocycles. The fraction of sp³-hybridized carbons (Fsp3) is 0. The summed E-state index contributed by atoms with van der Waals surface area (Å²) in [4.78, 5) is 0. The molecule has 0 saturated carbocycles. The molecule has 0 amide bonds. The molecule has 0 aliphatic carbocycles. The van der Waals surface area contributed by atoms with Gasteiger partial charge < -0.3 is 9.30 Å². The van der Waals surface area contributed by atoms with Gasteiger partial charge in [-0.2, -0.15) is 0 Å². The van der Waals surface area contributed by atoms with Crippen LogP contribution in [0.15, 0.2) is 176 Å². The van der Waals surface area contributed by atoms with Gasteiger partial charge in [-0.25, -0.2) is 0 Å². The van der Waals surface area contributed by atoms with Crippen LogP contribution in [0.25, 0.3) is 93.2 Å². The first-order valence-electron chi connectivity index (χ1n) is 17.2. The van der Waals surface area contributed by atoms with Gasteiger partial charge in [-0.05, 0) is 91.1 Å². The summed E-state index contributed by atoms with van der Waals surface area (Å²) in [6.45, 7) is 0. The number of nitrogens with zero attached hydrogens (tertiary/aromatic N) is 1. The van der Waals surface area contributed by atoms with E-state index < -0.39 is 0 Å². The van der Waals surface area contributed by atoms with E-state index in [-0.39, 0.29) is 0 Å². The third kappa shape index (κ3) is 3.90. The van der Waals surface area contributed by atoms with E-state index in [2.05, 4.69) is 168 Å². The highest BCUT2D eigenvalue weighted by Gasteiger charge is 2.21. The monoisotopic (exact) mass is 635 g/mol. The quantitative estimate of drug-likeness (QED) is 0.188. The van der Waals surface area contributed by atoms with Crippen molar-refractivity contribution in [3.8, 4) is 50.6 Å². The van der Waals surface area contributed by atoms with E-state index in [0.29, 0.717) is 0 Å². The number of para-hydroxylation sites is 1. The Morgan fingerprint density at radius 2 is 0.880 bits per heavy atom. The minimum atomic E-state index is 0.913. The van der Waals surface area contributed by atoms with E-state index in [1.54, 1.807) is 0 Å². The average Bonchev–Trinajstić information content (AvgIpc) is 3.54. The van der Waals surface area contributed by atoms with E-state index in [4.69, 9.17) is 4.74 Å². The largest absolute Gasteiger partial charge is 0.456 e. The Balaban J connectivity index is 1.00. The summed E-state index contributed by atoms with van der Waals surface area (Å²) in [7, 11) is 0. The van der Waals surface area contributed by atoms with Crippen molar-refractivity contribution in [2.75, 3.05) is 0 Å². The van der Waals surface area contributed by atoms with Crippen molar-refractivity contribution in [3.63, 3.8) is 0 Å². The minimum Gasteiger partial charge on any atom is -0.456 e. The van der Waals surface area contributed by atoms with Crippen LogP contribution in [0.4, 0.5) is 0 Å². The SMILES string of the molecule is c1ccc2c(c1)Oc1ccc(-c3ccc(-c4ccc(-n5c6ccc7ccccc7c6c6c7ccccc7ccc65)cc4)cc3)c3cccc-2c13. The van der Waals surface area contributed by atoms with Crippen LogP contribution in [0, 0.1) is 0 Å². The Bertz CT molecular complexity index is 2890. The molecule has 2 heterocycles. The molecular weight excluding hydrogens is 607 g/mol. The van der Waals surface area contributed by atoms with Gasteiger partial charge in [-0.15, -0.1) is 0 Å². The lowest BCUT2D eigenvalue weighted by molar-refractivity contribution is 0.487. The summed E-state index contributed by atoms with van der Waals surface area (Å²) in [5, 5.41) is 10.1. The summed E-state index contributed by atoms with van der Waals surface area (Å²) >= 11 is 0. The van der Waals surface area contributed by atoms with Gasteiger partial charge in [0.05, 0.1) is 11.0 Å². The van der Waals surface area contributed by atoms with Crippen LogP contribution in [0.3, 0.4) is 0 Å². The number of hydrogen-bond donors (Lipinski definition) is 0. The fourth-order valence-electron chi connectivity index (χ4n) is 8.30. The lowest BCUT2D eigenvalue weighted by Crippen LogP contribution is -1.97. The van der Waals surface area contributed by atoms with E-state index in [0.717, 1.165) is 22.7 Å². The summed E-state index contributed by atoms with van der Waals surface area (Å²) in [5.41, 5.74) is 10.8. The Morgan fingerprint density at radius 1 is 0.320 bits per heavy atom. The van der Waals surface area contributed by atoms with Gasteiger partial charge in [0, 0.05) is 27.4 Å². The van der Waals surface area contributed by atoms with Crippen molar-refractivity contribution >= 4 is 54.1 Å². The van der Waals surface area contributed by atoms with Crippen LogP contribution in [0.2, 0.25) is 0 Å². The zero-order valence-corrected chi connectivity index (χ0v) is 27.1. The molecule has 232 valence electrons. The number of rotatable bonds is 3. The van der Waals surface area contributed by atoms with Crippen LogP contribution in [0.1, 0.15) is 0 Å². The van der Waals surface area contributed by atoms with Crippen molar-refractivity contribution < 1.29 is 4.74 Å². The minimum absolute atomic E-state index is 0.913. The summed E-state index contributed by atoms with van der Waals surface area (Å²) in [6, 6.07) is 63.7. The Labute approximate surface area is 289 Å². The summed E-state index contributed by atoms with van der Waals surface area (Å²) in [6.07, 6.45) is 0. The standard InChI is InChI=1S/C48H29NO/c1-3-10-37-32(8-1)22-27-42-47(37)48-38-11-4-2-9-33(38)23-28-43(48)49(42)35-24-20-31(21-25-35)30-16-18-34(19-17-30)36-26-29-45-46-40(36)13-7-14-41(46)39-12-5-6-15-44(39)50-45/h1-29H. The topological polar surface area (TPSA) is 14.2 Å². The van der Waals surface area contributed by atoms with Crippen LogP contribution < -0.4 is 4.74 Å². The van der Waals surface area contributed by atoms with Crippen LogP contribution in [-0.4, -0.2) is 4.57 Å². The van der Waals surface area contributed by atoms with Crippen molar-refractivity contribution in [1.29, 1.82) is 0 Å². The van der Waals surface area contributed by atoms with Gasteiger partial charge in [0.25, 0.3) is 0 Å². The molecule has 0 radical (unpaired) electrons. The zero-order chi connectivity index (χ0) is 32.8. The molecule has 2 nitrogen and oxygen atoms in total. The van der Waals surface area contributed by atoms with E-state index in [1.165, 1.54) is 81.9 Å². The summed E-state index contributed by atoms with van der Waals surface area (Å²) in [5.74, 6) is 1.83. The second kappa shape index (κ2) is 10.4. The lowest BCUT2D eigenvalue weighted by atomic mass is 9.90. The van der Waals surface area contributed by atoms with E-state index in [1.807, 2.05) is 12.1 Å². The maximum Gasteiger partial charge on any atom is 0.135 e. The second-order valence-electron chi connectivity index (χ2n) is 13.3. The van der Waals surface area contributed by atoms with Crippen molar-refractivity contribution in [3.05, 3.63) is 176 Å². The van der Waals surface area contributed by atoms with E-state index in [9.17, 15) is 0 Å². The smallest absolute Gasteiger partial charge is 0.135 e. The average molecular weight is 636 g/mol. The third-order valence-corrected chi connectivity index (χ3v) is 10.6. The normalized spacial score (nSPS) is 12.2. The first-order valence-corrected chi connectivity index (χ1v) is 17.2. The molecule has 0 spiro atoms. The van der Waals surface area contributed by atoms with Crippen molar-refractivity contribution in [2.24, 2.45) is 0 Å².